The van der Waals surface area contributed by atoms with Gasteiger partial charge < -0.3 is 15.5 Å². The number of halogens is 3. The Bertz CT molecular complexity index is 834. The van der Waals surface area contributed by atoms with Crippen LogP contribution in [-0.2, 0) is 9.59 Å². The number of thiazole rings is 1. The van der Waals surface area contributed by atoms with Gasteiger partial charge in [-0.15, -0.1) is 11.3 Å². The van der Waals surface area contributed by atoms with Crippen molar-refractivity contribution in [2.45, 2.75) is 12.6 Å². The number of rotatable bonds is 9. The van der Waals surface area contributed by atoms with Crippen molar-refractivity contribution in [2.24, 2.45) is 0 Å². The Kier molecular flexibility index (Phi) is 11.2. The first kappa shape index (κ1) is 25.7. The highest BCUT2D eigenvalue weighted by Crippen LogP contribution is 2.23. The summed E-state index contributed by atoms with van der Waals surface area (Å²) in [5.74, 6) is -2.47. The second-order valence-corrected chi connectivity index (χ2v) is 8.69. The van der Waals surface area contributed by atoms with E-state index in [9.17, 15) is 22.8 Å². The van der Waals surface area contributed by atoms with Crippen molar-refractivity contribution in [3.05, 3.63) is 35.6 Å². The molecule has 2 aromatic heterocycles. The van der Waals surface area contributed by atoms with Crippen molar-refractivity contribution in [3.63, 3.8) is 0 Å². The standard InChI is InChI=1S/C14H15N3O3S3.C2HF3O2/c18-12(19)3-6-22-23-7-5-16-13(20)11-9-21-14(17-11)10-2-1-4-15-8-10;3-2(4,5)1(6)7/h1-2,4,8-9H,3,5-7H2,(H,16,20)(H,18,19);(H,6,7). The minimum absolute atomic E-state index is 0.153. The molecule has 0 aliphatic rings. The number of amides is 1. The van der Waals surface area contributed by atoms with Crippen LogP contribution in [-0.4, -0.2) is 62.3 Å². The minimum atomic E-state index is -5.08. The summed E-state index contributed by atoms with van der Waals surface area (Å²) in [5.41, 5.74) is 1.29. The van der Waals surface area contributed by atoms with Crippen LogP contribution in [0.25, 0.3) is 10.6 Å². The zero-order valence-corrected chi connectivity index (χ0v) is 17.5. The summed E-state index contributed by atoms with van der Waals surface area (Å²) in [7, 11) is 3.04. The van der Waals surface area contributed by atoms with Gasteiger partial charge in [-0.05, 0) is 12.1 Å². The van der Waals surface area contributed by atoms with Crippen LogP contribution in [0.2, 0.25) is 0 Å². The SMILES string of the molecule is O=C(O)C(F)(F)F.O=C(O)CCSSCCNC(=O)c1csc(-c2cccnc2)n1. The lowest BCUT2D eigenvalue weighted by molar-refractivity contribution is -0.192. The van der Waals surface area contributed by atoms with Gasteiger partial charge >= 0.3 is 18.1 Å². The molecule has 2 aromatic rings. The molecule has 0 radical (unpaired) electrons. The number of nitrogens with zero attached hydrogens (tertiary/aromatic N) is 2. The molecule has 0 aliphatic carbocycles. The van der Waals surface area contributed by atoms with Gasteiger partial charge in [-0.25, -0.2) is 9.78 Å². The number of carboxylic acids is 2. The summed E-state index contributed by atoms with van der Waals surface area (Å²) in [6, 6.07) is 3.73. The van der Waals surface area contributed by atoms with Gasteiger partial charge in [0.25, 0.3) is 5.91 Å². The quantitative estimate of drug-likeness (QED) is 0.363. The third-order valence-corrected chi connectivity index (χ3v) is 6.14. The van der Waals surface area contributed by atoms with Gasteiger partial charge in [0.1, 0.15) is 10.7 Å². The number of hydrogen-bond donors (Lipinski definition) is 3. The smallest absolute Gasteiger partial charge is 0.481 e. The van der Waals surface area contributed by atoms with E-state index in [2.05, 4.69) is 15.3 Å². The number of nitrogens with one attached hydrogen (secondary N) is 1. The fourth-order valence-corrected chi connectivity index (χ4v) is 4.22. The first-order valence-electron chi connectivity index (χ1n) is 8.01. The van der Waals surface area contributed by atoms with Crippen LogP contribution in [0.1, 0.15) is 16.9 Å². The zero-order chi connectivity index (χ0) is 22.6. The number of carbonyl (C=O) groups is 3. The fraction of sp³-hybridized carbons (Fsp3) is 0.312. The van der Waals surface area contributed by atoms with Gasteiger partial charge in [0.2, 0.25) is 0 Å². The average molecular weight is 484 g/mol. The number of carboxylic acid groups (broad SMARTS) is 2. The average Bonchev–Trinajstić information content (AvgIpc) is 3.17. The first-order valence-corrected chi connectivity index (χ1v) is 11.4. The van der Waals surface area contributed by atoms with Crippen molar-refractivity contribution in [3.8, 4) is 10.6 Å². The topological polar surface area (TPSA) is 129 Å². The molecule has 0 bridgehead atoms. The first-order chi connectivity index (χ1) is 14.1. The molecule has 2 heterocycles. The van der Waals surface area contributed by atoms with Gasteiger partial charge in [-0.1, -0.05) is 21.6 Å². The molecule has 1 amide bonds. The van der Waals surface area contributed by atoms with Crippen molar-refractivity contribution < 1.29 is 37.8 Å². The zero-order valence-electron chi connectivity index (χ0n) is 15.1. The Labute approximate surface area is 180 Å². The molecule has 0 spiro atoms. The largest absolute Gasteiger partial charge is 0.490 e. The third-order valence-electron chi connectivity index (χ3n) is 2.84. The van der Waals surface area contributed by atoms with Gasteiger partial charge in [0, 0.05) is 41.4 Å². The maximum Gasteiger partial charge on any atom is 0.490 e. The number of aliphatic carboxylic acids is 2. The molecule has 0 aromatic carbocycles. The van der Waals surface area contributed by atoms with Crippen molar-refractivity contribution in [1.82, 2.24) is 15.3 Å². The maximum atomic E-state index is 12.0. The molecular formula is C16H16F3N3O5S3. The maximum absolute atomic E-state index is 12.0. The van der Waals surface area contributed by atoms with E-state index in [1.807, 2.05) is 12.1 Å². The van der Waals surface area contributed by atoms with Crippen LogP contribution in [0.4, 0.5) is 13.2 Å². The molecule has 0 saturated heterocycles. The number of pyridine rings is 1. The molecule has 0 unspecified atom stereocenters. The van der Waals surface area contributed by atoms with E-state index in [1.165, 1.54) is 22.1 Å². The van der Waals surface area contributed by atoms with Gasteiger partial charge in [0.05, 0.1) is 6.42 Å². The lowest BCUT2D eigenvalue weighted by Crippen LogP contribution is -2.25. The molecule has 30 heavy (non-hydrogen) atoms. The van der Waals surface area contributed by atoms with Gasteiger partial charge in [-0.3, -0.25) is 14.6 Å². The molecular weight excluding hydrogens is 467 g/mol. The third kappa shape index (κ3) is 10.5. The van der Waals surface area contributed by atoms with Crippen LogP contribution in [0.3, 0.4) is 0 Å². The summed E-state index contributed by atoms with van der Waals surface area (Å²) >= 11 is 1.41. The van der Waals surface area contributed by atoms with Crippen molar-refractivity contribution in [1.29, 1.82) is 0 Å². The number of carbonyl (C=O) groups excluding carboxylic acids is 1. The van der Waals surface area contributed by atoms with Gasteiger partial charge in [0.15, 0.2) is 0 Å². The highest BCUT2D eigenvalue weighted by Gasteiger charge is 2.38. The second-order valence-electron chi connectivity index (χ2n) is 5.13. The van der Waals surface area contributed by atoms with Crippen LogP contribution in [0, 0.1) is 0 Å². The highest BCUT2D eigenvalue weighted by atomic mass is 33.1. The van der Waals surface area contributed by atoms with E-state index in [0.717, 1.165) is 16.3 Å². The summed E-state index contributed by atoms with van der Waals surface area (Å²) in [4.78, 5) is 39.6. The lowest BCUT2D eigenvalue weighted by Gasteiger charge is -2.02. The Balaban J connectivity index is 0.000000553. The summed E-state index contributed by atoms with van der Waals surface area (Å²) in [6.07, 6.45) is -1.53. The predicted molar refractivity (Wildman–Crippen MR) is 109 cm³/mol. The number of hydrogen-bond acceptors (Lipinski definition) is 8. The van der Waals surface area contributed by atoms with Crippen LogP contribution >= 0.6 is 32.9 Å². The monoisotopic (exact) mass is 483 g/mol. The molecule has 8 nitrogen and oxygen atoms in total. The molecule has 0 fully saturated rings. The molecule has 14 heteroatoms. The summed E-state index contributed by atoms with van der Waals surface area (Å²) in [6.45, 7) is 0.517. The summed E-state index contributed by atoms with van der Waals surface area (Å²) in [5, 5.41) is 20.9. The lowest BCUT2D eigenvalue weighted by atomic mass is 10.3. The normalized spacial score (nSPS) is 10.6. The Morgan fingerprint density at radius 3 is 2.40 bits per heavy atom. The minimum Gasteiger partial charge on any atom is -0.481 e. The van der Waals surface area contributed by atoms with Crippen LogP contribution in [0.5, 0.6) is 0 Å². The van der Waals surface area contributed by atoms with Crippen molar-refractivity contribution in [2.75, 3.05) is 18.1 Å². The molecule has 164 valence electrons. The predicted octanol–water partition coefficient (Wildman–Crippen LogP) is 3.42. The fourth-order valence-electron chi connectivity index (χ4n) is 1.54. The van der Waals surface area contributed by atoms with E-state index >= 15 is 0 Å². The molecule has 2 rings (SSSR count). The van der Waals surface area contributed by atoms with Crippen LogP contribution < -0.4 is 5.32 Å². The molecule has 0 saturated carbocycles. The number of aromatic nitrogens is 2. The van der Waals surface area contributed by atoms with E-state index in [0.29, 0.717) is 18.0 Å². The Morgan fingerprint density at radius 1 is 1.17 bits per heavy atom. The van der Waals surface area contributed by atoms with E-state index in [4.69, 9.17) is 15.0 Å². The molecule has 3 N–H and O–H groups in total. The molecule has 0 atom stereocenters. The van der Waals surface area contributed by atoms with Crippen LogP contribution in [0.15, 0.2) is 29.9 Å². The Hall–Kier alpha value is -2.32. The van der Waals surface area contributed by atoms with E-state index < -0.39 is 18.1 Å². The van der Waals surface area contributed by atoms with E-state index in [-0.39, 0.29) is 12.3 Å². The van der Waals surface area contributed by atoms with E-state index in [1.54, 1.807) is 28.6 Å². The summed E-state index contributed by atoms with van der Waals surface area (Å²) < 4.78 is 31.7. The van der Waals surface area contributed by atoms with Crippen molar-refractivity contribution >= 4 is 50.8 Å². The highest BCUT2D eigenvalue weighted by molar-refractivity contribution is 8.76. The second kappa shape index (κ2) is 13.1. The van der Waals surface area contributed by atoms with Gasteiger partial charge in [-0.2, -0.15) is 13.2 Å². The Morgan fingerprint density at radius 2 is 1.83 bits per heavy atom. The molecule has 0 aliphatic heterocycles. The number of alkyl halides is 3.